The summed E-state index contributed by atoms with van der Waals surface area (Å²) in [5.74, 6) is 0. The second-order valence-electron chi connectivity index (χ2n) is 4.37. The molecule has 0 aromatic carbocycles. The van der Waals surface area contributed by atoms with Gasteiger partial charge in [0.05, 0.1) is 0 Å². The van der Waals surface area contributed by atoms with Crippen LogP contribution in [0.15, 0.2) is 0 Å². The van der Waals surface area contributed by atoms with Gasteiger partial charge in [-0.2, -0.15) is 13.2 Å². The van der Waals surface area contributed by atoms with Gasteiger partial charge in [-0.1, -0.05) is 20.8 Å². The van der Waals surface area contributed by atoms with Crippen LogP contribution >= 0.6 is 0 Å². The minimum atomic E-state index is -4.24. The Labute approximate surface area is 77.3 Å². The van der Waals surface area contributed by atoms with Crippen LogP contribution in [0.25, 0.3) is 0 Å². The molecule has 0 saturated carbocycles. The second-order valence-corrected chi connectivity index (χ2v) is 4.37. The van der Waals surface area contributed by atoms with Crippen molar-refractivity contribution in [3.8, 4) is 0 Å². The van der Waals surface area contributed by atoms with Crippen molar-refractivity contribution in [2.24, 2.45) is 5.41 Å². The Kier molecular flexibility index (Phi) is 4.23. The number of hydrogen-bond donors (Lipinski definition) is 0. The fraction of sp³-hybridized carbons (Fsp3) is 1.00. The van der Waals surface area contributed by atoms with Gasteiger partial charge in [-0.15, -0.1) is 0 Å². The molecule has 0 aliphatic heterocycles. The van der Waals surface area contributed by atoms with Crippen molar-refractivity contribution < 1.29 is 17.9 Å². The molecule has 0 spiro atoms. The van der Waals surface area contributed by atoms with Crippen LogP contribution < -0.4 is 0 Å². The summed E-state index contributed by atoms with van der Waals surface area (Å²) < 4.78 is 40.9. The highest BCUT2D eigenvalue weighted by atomic mass is 19.4. The smallest absolute Gasteiger partial charge is 0.372 e. The van der Waals surface area contributed by atoms with E-state index >= 15 is 0 Å². The third kappa shape index (κ3) is 5.91. The quantitative estimate of drug-likeness (QED) is 0.675. The number of ether oxygens (including phenoxy) is 1. The number of methoxy groups -OCH3 is 1. The minimum absolute atomic E-state index is 0.0312. The number of halogens is 3. The zero-order valence-corrected chi connectivity index (χ0v) is 8.53. The molecule has 4 heteroatoms. The van der Waals surface area contributed by atoms with Gasteiger partial charge in [0, 0.05) is 7.11 Å². The predicted molar refractivity (Wildman–Crippen MR) is 45.5 cm³/mol. The molecule has 0 aromatic heterocycles. The molecule has 80 valence electrons. The molecule has 0 aliphatic carbocycles. The minimum Gasteiger partial charge on any atom is -0.372 e. The third-order valence-corrected chi connectivity index (χ3v) is 1.81. The van der Waals surface area contributed by atoms with Crippen LogP contribution in [-0.4, -0.2) is 19.4 Å². The van der Waals surface area contributed by atoms with E-state index in [1.807, 2.05) is 20.8 Å². The van der Waals surface area contributed by atoms with Gasteiger partial charge in [-0.3, -0.25) is 0 Å². The summed E-state index contributed by atoms with van der Waals surface area (Å²) in [5, 5.41) is 0. The molecule has 1 atom stereocenters. The van der Waals surface area contributed by atoms with Gasteiger partial charge in [0.15, 0.2) is 6.10 Å². The van der Waals surface area contributed by atoms with Crippen LogP contribution in [-0.2, 0) is 4.74 Å². The van der Waals surface area contributed by atoms with Crippen LogP contribution in [0, 0.1) is 5.41 Å². The van der Waals surface area contributed by atoms with Crippen molar-refractivity contribution in [3.63, 3.8) is 0 Å². The van der Waals surface area contributed by atoms with Crippen LogP contribution in [0.2, 0.25) is 0 Å². The second kappa shape index (κ2) is 4.31. The summed E-state index contributed by atoms with van der Waals surface area (Å²) in [6.07, 6.45) is -5.32. The Morgan fingerprint density at radius 1 is 1.15 bits per heavy atom. The maximum absolute atomic E-state index is 12.2. The van der Waals surface area contributed by atoms with Gasteiger partial charge in [0.25, 0.3) is 0 Å². The largest absolute Gasteiger partial charge is 0.414 e. The molecule has 0 N–H and O–H groups in total. The average molecular weight is 198 g/mol. The zero-order chi connectivity index (χ0) is 10.7. The molecule has 13 heavy (non-hydrogen) atoms. The first kappa shape index (κ1) is 12.8. The molecule has 0 bridgehead atoms. The van der Waals surface area contributed by atoms with E-state index in [1.165, 1.54) is 0 Å². The molecule has 0 fully saturated rings. The Balaban J connectivity index is 4.02. The topological polar surface area (TPSA) is 9.23 Å². The first-order valence-corrected chi connectivity index (χ1v) is 4.26. The summed E-state index contributed by atoms with van der Waals surface area (Å²) in [7, 11) is 1.10. The monoisotopic (exact) mass is 198 g/mol. The highest BCUT2D eigenvalue weighted by Gasteiger charge is 2.39. The molecule has 0 radical (unpaired) electrons. The van der Waals surface area contributed by atoms with E-state index in [2.05, 4.69) is 4.74 Å². The normalized spacial score (nSPS) is 15.9. The molecule has 0 aliphatic rings. The highest BCUT2D eigenvalue weighted by molar-refractivity contribution is 4.71. The fourth-order valence-corrected chi connectivity index (χ4v) is 0.979. The molecule has 0 amide bonds. The van der Waals surface area contributed by atoms with Gasteiger partial charge < -0.3 is 4.74 Å². The Morgan fingerprint density at radius 2 is 1.62 bits per heavy atom. The van der Waals surface area contributed by atoms with E-state index in [0.29, 0.717) is 6.42 Å². The molecule has 0 rings (SSSR count). The van der Waals surface area contributed by atoms with Crippen molar-refractivity contribution >= 4 is 0 Å². The third-order valence-electron chi connectivity index (χ3n) is 1.81. The molecular formula is C9H17F3O. The van der Waals surface area contributed by atoms with Crippen molar-refractivity contribution in [1.82, 2.24) is 0 Å². The first-order chi connectivity index (χ1) is 5.67. The molecular weight excluding hydrogens is 181 g/mol. The Bertz CT molecular complexity index is 146. The maximum Gasteiger partial charge on any atom is 0.414 e. The molecule has 0 saturated heterocycles. The van der Waals surface area contributed by atoms with E-state index in [-0.39, 0.29) is 11.8 Å². The lowest BCUT2D eigenvalue weighted by molar-refractivity contribution is -0.215. The van der Waals surface area contributed by atoms with Crippen molar-refractivity contribution in [3.05, 3.63) is 0 Å². The van der Waals surface area contributed by atoms with Crippen LogP contribution in [0.4, 0.5) is 13.2 Å². The zero-order valence-electron chi connectivity index (χ0n) is 8.53. The SMILES string of the molecule is COC(CCC(C)(C)C)C(F)(F)F. The lowest BCUT2D eigenvalue weighted by Crippen LogP contribution is -2.31. The molecule has 0 heterocycles. The van der Waals surface area contributed by atoms with E-state index < -0.39 is 12.3 Å². The van der Waals surface area contributed by atoms with Gasteiger partial charge in [0.2, 0.25) is 0 Å². The number of hydrogen-bond acceptors (Lipinski definition) is 1. The van der Waals surface area contributed by atoms with Crippen molar-refractivity contribution in [2.45, 2.75) is 45.9 Å². The summed E-state index contributed by atoms with van der Waals surface area (Å²) >= 11 is 0. The summed E-state index contributed by atoms with van der Waals surface area (Å²) in [5.41, 5.74) is -0.0813. The van der Waals surface area contributed by atoms with Gasteiger partial charge >= 0.3 is 6.18 Å². The van der Waals surface area contributed by atoms with E-state index in [4.69, 9.17) is 0 Å². The molecule has 1 unspecified atom stereocenters. The summed E-state index contributed by atoms with van der Waals surface area (Å²) in [6.45, 7) is 5.74. The van der Waals surface area contributed by atoms with Crippen LogP contribution in [0.5, 0.6) is 0 Å². The van der Waals surface area contributed by atoms with E-state index in [0.717, 1.165) is 7.11 Å². The van der Waals surface area contributed by atoms with E-state index in [9.17, 15) is 13.2 Å². The number of rotatable bonds is 3. The van der Waals surface area contributed by atoms with Crippen molar-refractivity contribution in [1.29, 1.82) is 0 Å². The standard InChI is InChI=1S/C9H17F3O/c1-8(2,3)6-5-7(13-4)9(10,11)12/h7H,5-6H2,1-4H3. The highest BCUT2D eigenvalue weighted by Crippen LogP contribution is 2.30. The van der Waals surface area contributed by atoms with Gasteiger partial charge in [0.1, 0.15) is 0 Å². The average Bonchev–Trinajstić information content (AvgIpc) is 1.82. The first-order valence-electron chi connectivity index (χ1n) is 4.26. The summed E-state index contributed by atoms with van der Waals surface area (Å²) in [6, 6.07) is 0. The van der Waals surface area contributed by atoms with Crippen LogP contribution in [0.1, 0.15) is 33.6 Å². The fourth-order valence-electron chi connectivity index (χ4n) is 0.979. The lowest BCUT2D eigenvalue weighted by Gasteiger charge is -2.23. The Morgan fingerprint density at radius 3 is 1.85 bits per heavy atom. The van der Waals surface area contributed by atoms with Crippen LogP contribution in [0.3, 0.4) is 0 Å². The molecule has 0 aromatic rings. The summed E-state index contributed by atoms with van der Waals surface area (Å²) in [4.78, 5) is 0. The van der Waals surface area contributed by atoms with E-state index in [1.54, 1.807) is 0 Å². The maximum atomic E-state index is 12.2. The molecule has 1 nitrogen and oxygen atoms in total. The van der Waals surface area contributed by atoms with Gasteiger partial charge in [-0.05, 0) is 18.3 Å². The van der Waals surface area contributed by atoms with Crippen molar-refractivity contribution in [2.75, 3.05) is 7.11 Å². The lowest BCUT2D eigenvalue weighted by atomic mass is 9.89. The predicted octanol–water partition coefficient (Wildman–Crippen LogP) is 3.39. The number of alkyl halides is 3. The Hall–Kier alpha value is -0.250. The van der Waals surface area contributed by atoms with Gasteiger partial charge in [-0.25, -0.2) is 0 Å².